The van der Waals surface area contributed by atoms with Gasteiger partial charge in [-0.3, -0.25) is 4.79 Å². The van der Waals surface area contributed by atoms with Crippen LogP contribution in [0.5, 0.6) is 0 Å². The number of nitrogens with one attached hydrogen (secondary N) is 1. The van der Waals surface area contributed by atoms with Crippen LogP contribution in [-0.2, 0) is 14.6 Å². The maximum atomic E-state index is 12.1. The van der Waals surface area contributed by atoms with Crippen molar-refractivity contribution < 1.29 is 13.2 Å². The lowest BCUT2D eigenvalue weighted by Gasteiger charge is -2.29. The Hall–Kier alpha value is -0.620. The highest BCUT2D eigenvalue weighted by molar-refractivity contribution is 7.90. The molecule has 2 saturated heterocycles. The van der Waals surface area contributed by atoms with E-state index in [-0.39, 0.29) is 11.7 Å². The molecule has 0 aromatic rings. The highest BCUT2D eigenvalue weighted by atomic mass is 32.2. The molecule has 0 aliphatic carbocycles. The Kier molecular flexibility index (Phi) is 4.50. The van der Waals surface area contributed by atoms with Gasteiger partial charge in [0, 0.05) is 38.4 Å². The predicted octanol–water partition coefficient (Wildman–Crippen LogP) is 0.410. The van der Waals surface area contributed by atoms with Gasteiger partial charge in [0.25, 0.3) is 0 Å². The van der Waals surface area contributed by atoms with Crippen LogP contribution in [0.3, 0.4) is 0 Å². The highest BCUT2D eigenvalue weighted by Gasteiger charge is 2.34. The molecule has 0 aromatic heterocycles. The fourth-order valence-electron chi connectivity index (χ4n) is 3.17. The quantitative estimate of drug-likeness (QED) is 0.796. The van der Waals surface area contributed by atoms with Gasteiger partial charge in [-0.2, -0.15) is 0 Å². The van der Waals surface area contributed by atoms with E-state index in [9.17, 15) is 13.2 Å². The summed E-state index contributed by atoms with van der Waals surface area (Å²) in [4.78, 5) is 13.6. The van der Waals surface area contributed by atoms with Crippen molar-refractivity contribution in [1.82, 2.24) is 10.2 Å². The van der Waals surface area contributed by atoms with E-state index in [2.05, 4.69) is 5.32 Å². The van der Waals surface area contributed by atoms with E-state index in [1.165, 1.54) is 19.1 Å². The summed E-state index contributed by atoms with van der Waals surface area (Å²) in [7, 11) is -1.30. The van der Waals surface area contributed by atoms with Crippen molar-refractivity contribution in [2.45, 2.75) is 44.2 Å². The molecular weight excluding hydrogens is 264 g/mol. The first-order valence-corrected chi connectivity index (χ1v) is 9.07. The number of rotatable bonds is 5. The SMILES string of the molecule is CN(CCS(C)(=O)=O)C(=O)CC1CC2CCC(C1)N2. The zero-order valence-corrected chi connectivity index (χ0v) is 12.6. The van der Waals surface area contributed by atoms with Crippen molar-refractivity contribution >= 4 is 15.7 Å². The second kappa shape index (κ2) is 5.79. The van der Waals surface area contributed by atoms with Crippen molar-refractivity contribution in [2.75, 3.05) is 25.6 Å². The Labute approximate surface area is 115 Å². The lowest BCUT2D eigenvalue weighted by atomic mass is 9.89. The molecule has 2 unspecified atom stereocenters. The summed E-state index contributed by atoms with van der Waals surface area (Å²) in [6.45, 7) is 0.301. The third-order valence-corrected chi connectivity index (χ3v) is 5.18. The minimum absolute atomic E-state index is 0.0483. The lowest BCUT2D eigenvalue weighted by Crippen LogP contribution is -2.40. The van der Waals surface area contributed by atoms with Gasteiger partial charge in [0.1, 0.15) is 9.84 Å². The van der Waals surface area contributed by atoms with Crippen LogP contribution in [0.15, 0.2) is 0 Å². The summed E-state index contributed by atoms with van der Waals surface area (Å²) in [6.07, 6.45) is 6.41. The van der Waals surface area contributed by atoms with Crippen LogP contribution in [0.4, 0.5) is 0 Å². The number of fused-ring (bicyclic) bond motifs is 2. The van der Waals surface area contributed by atoms with Crippen LogP contribution in [0.2, 0.25) is 0 Å². The van der Waals surface area contributed by atoms with Crippen LogP contribution >= 0.6 is 0 Å². The van der Waals surface area contributed by atoms with Gasteiger partial charge in [0.2, 0.25) is 5.91 Å². The van der Waals surface area contributed by atoms with Gasteiger partial charge in [-0.1, -0.05) is 0 Å². The summed E-state index contributed by atoms with van der Waals surface area (Å²) in [5, 5.41) is 3.56. The van der Waals surface area contributed by atoms with Gasteiger partial charge in [-0.05, 0) is 31.6 Å². The highest BCUT2D eigenvalue weighted by Crippen LogP contribution is 2.32. The molecule has 1 N–H and O–H groups in total. The molecular formula is C13H24N2O3S. The number of carbonyl (C=O) groups is 1. The van der Waals surface area contributed by atoms with E-state index >= 15 is 0 Å². The van der Waals surface area contributed by atoms with Crippen LogP contribution in [0, 0.1) is 5.92 Å². The number of amides is 1. The van der Waals surface area contributed by atoms with Crippen molar-refractivity contribution in [3.8, 4) is 0 Å². The molecule has 6 heteroatoms. The van der Waals surface area contributed by atoms with Crippen LogP contribution in [-0.4, -0.2) is 56.9 Å². The molecule has 2 rings (SSSR count). The number of hydrogen-bond acceptors (Lipinski definition) is 4. The third kappa shape index (κ3) is 4.45. The zero-order valence-electron chi connectivity index (χ0n) is 11.8. The molecule has 1 amide bonds. The molecule has 2 fully saturated rings. The monoisotopic (exact) mass is 288 g/mol. The molecule has 0 radical (unpaired) electrons. The third-order valence-electron chi connectivity index (χ3n) is 4.26. The van der Waals surface area contributed by atoms with Crippen molar-refractivity contribution in [3.63, 3.8) is 0 Å². The molecule has 110 valence electrons. The molecule has 2 atom stereocenters. The molecule has 5 nitrogen and oxygen atoms in total. The maximum absolute atomic E-state index is 12.1. The Morgan fingerprint density at radius 1 is 1.26 bits per heavy atom. The average molecular weight is 288 g/mol. The Morgan fingerprint density at radius 3 is 2.37 bits per heavy atom. The predicted molar refractivity (Wildman–Crippen MR) is 74.6 cm³/mol. The maximum Gasteiger partial charge on any atom is 0.222 e. The summed E-state index contributed by atoms with van der Waals surface area (Å²) >= 11 is 0. The minimum atomic E-state index is -3.00. The number of sulfone groups is 1. The summed E-state index contributed by atoms with van der Waals surface area (Å²) in [6, 6.07) is 1.19. The summed E-state index contributed by atoms with van der Waals surface area (Å²) < 4.78 is 22.2. The molecule has 0 saturated carbocycles. The fourth-order valence-corrected chi connectivity index (χ4v) is 3.78. The van der Waals surface area contributed by atoms with Gasteiger partial charge >= 0.3 is 0 Å². The molecule has 2 bridgehead atoms. The van der Waals surface area contributed by atoms with Crippen molar-refractivity contribution in [3.05, 3.63) is 0 Å². The largest absolute Gasteiger partial charge is 0.345 e. The fraction of sp³-hybridized carbons (Fsp3) is 0.923. The van der Waals surface area contributed by atoms with Crippen molar-refractivity contribution in [2.24, 2.45) is 5.92 Å². The van der Waals surface area contributed by atoms with Crippen LogP contribution in [0.1, 0.15) is 32.1 Å². The zero-order chi connectivity index (χ0) is 14.0. The first-order chi connectivity index (χ1) is 8.83. The van der Waals surface area contributed by atoms with Gasteiger partial charge in [-0.25, -0.2) is 8.42 Å². The smallest absolute Gasteiger partial charge is 0.222 e. The second-order valence-electron chi connectivity index (χ2n) is 6.12. The van der Waals surface area contributed by atoms with Gasteiger partial charge in [0.05, 0.1) is 5.75 Å². The van der Waals surface area contributed by atoms with Crippen molar-refractivity contribution in [1.29, 1.82) is 0 Å². The van der Waals surface area contributed by atoms with Gasteiger partial charge < -0.3 is 10.2 Å². The molecule has 0 aromatic carbocycles. The van der Waals surface area contributed by atoms with E-state index < -0.39 is 9.84 Å². The van der Waals surface area contributed by atoms with Gasteiger partial charge in [0.15, 0.2) is 0 Å². The van der Waals surface area contributed by atoms with E-state index in [0.29, 0.717) is 31.0 Å². The Balaban J connectivity index is 1.77. The Morgan fingerprint density at radius 2 is 1.84 bits per heavy atom. The van der Waals surface area contributed by atoms with E-state index in [1.54, 1.807) is 11.9 Å². The lowest BCUT2D eigenvalue weighted by molar-refractivity contribution is -0.130. The minimum Gasteiger partial charge on any atom is -0.345 e. The second-order valence-corrected chi connectivity index (χ2v) is 8.38. The molecule has 2 aliphatic rings. The van der Waals surface area contributed by atoms with Crippen LogP contribution in [0.25, 0.3) is 0 Å². The molecule has 0 spiro atoms. The summed E-state index contributed by atoms with van der Waals surface area (Å²) in [5.41, 5.74) is 0. The first-order valence-electron chi connectivity index (χ1n) is 7.01. The molecule has 2 aliphatic heterocycles. The van der Waals surface area contributed by atoms with E-state index in [0.717, 1.165) is 12.8 Å². The summed E-state index contributed by atoms with van der Waals surface area (Å²) in [5.74, 6) is 0.592. The van der Waals surface area contributed by atoms with Crippen LogP contribution < -0.4 is 5.32 Å². The molecule has 2 heterocycles. The first kappa shape index (κ1) is 14.8. The van der Waals surface area contributed by atoms with E-state index in [1.807, 2.05) is 0 Å². The normalized spacial score (nSPS) is 30.3. The van der Waals surface area contributed by atoms with E-state index in [4.69, 9.17) is 0 Å². The Bertz CT molecular complexity index is 423. The average Bonchev–Trinajstić information content (AvgIpc) is 2.64. The number of hydrogen-bond donors (Lipinski definition) is 1. The molecule has 19 heavy (non-hydrogen) atoms. The number of piperidine rings is 1. The number of nitrogens with zero attached hydrogens (tertiary/aromatic N) is 1. The van der Waals surface area contributed by atoms with Gasteiger partial charge in [-0.15, -0.1) is 0 Å². The standard InChI is InChI=1S/C13H24N2O3S/c1-15(5-6-19(2,17)18)13(16)9-10-7-11-3-4-12(8-10)14-11/h10-12,14H,3-9H2,1-2H3. The topological polar surface area (TPSA) is 66.5 Å². The number of carbonyl (C=O) groups excluding carboxylic acids is 1.